The van der Waals surface area contributed by atoms with Gasteiger partial charge in [-0.3, -0.25) is 10.1 Å². The Balaban J connectivity index is 1.89. The van der Waals surface area contributed by atoms with Crippen LogP contribution in [0.4, 0.5) is 5.69 Å². The number of aryl methyl sites for hydroxylation is 2. The zero-order chi connectivity index (χ0) is 16.1. The average Bonchev–Trinajstić information content (AvgIpc) is 2.49. The molecule has 0 bridgehead atoms. The lowest BCUT2D eigenvalue weighted by Crippen LogP contribution is -2.17. The van der Waals surface area contributed by atoms with Crippen LogP contribution in [-0.4, -0.2) is 17.5 Å². The second-order valence-electron chi connectivity index (χ2n) is 4.76. The van der Waals surface area contributed by atoms with Crippen LogP contribution >= 0.6 is 0 Å². The quantitative estimate of drug-likeness (QED) is 0.367. The van der Waals surface area contributed by atoms with Crippen LogP contribution in [0.1, 0.15) is 11.1 Å². The van der Waals surface area contributed by atoms with E-state index in [1.54, 1.807) is 6.07 Å². The summed E-state index contributed by atoms with van der Waals surface area (Å²) in [6.07, 6.45) is 0. The van der Waals surface area contributed by atoms with E-state index in [-0.39, 0.29) is 18.0 Å². The first-order chi connectivity index (χ1) is 10.5. The summed E-state index contributed by atoms with van der Waals surface area (Å²) in [5, 5.41) is 10.5. The SMILES string of the molecule is Cc1ccc(OCC(=O)Oc2ccc([N+](=O)[O-])cc2)cc1C. The van der Waals surface area contributed by atoms with Gasteiger partial charge in [0.15, 0.2) is 6.61 Å². The molecule has 0 heterocycles. The van der Waals surface area contributed by atoms with E-state index in [1.165, 1.54) is 24.3 Å². The minimum absolute atomic E-state index is 0.0637. The summed E-state index contributed by atoms with van der Waals surface area (Å²) in [7, 11) is 0. The molecular formula is C16H15NO5. The lowest BCUT2D eigenvalue weighted by Gasteiger charge is -2.08. The molecule has 0 unspecified atom stereocenters. The number of ether oxygens (including phenoxy) is 2. The molecule has 2 aromatic rings. The summed E-state index contributed by atoms with van der Waals surface area (Å²) in [6, 6.07) is 10.8. The van der Waals surface area contributed by atoms with E-state index < -0.39 is 10.9 Å². The molecule has 0 saturated heterocycles. The number of nitro groups is 1. The molecule has 0 fully saturated rings. The van der Waals surface area contributed by atoms with Gasteiger partial charge in [0.1, 0.15) is 11.5 Å². The zero-order valence-electron chi connectivity index (χ0n) is 12.2. The number of carbonyl (C=O) groups excluding carboxylic acids is 1. The Hall–Kier alpha value is -2.89. The maximum absolute atomic E-state index is 11.7. The van der Waals surface area contributed by atoms with Gasteiger partial charge in [-0.25, -0.2) is 4.79 Å². The summed E-state index contributed by atoms with van der Waals surface area (Å²) in [4.78, 5) is 21.7. The predicted molar refractivity (Wildman–Crippen MR) is 80.1 cm³/mol. The summed E-state index contributed by atoms with van der Waals surface area (Å²) < 4.78 is 10.4. The normalized spacial score (nSPS) is 10.1. The first-order valence-electron chi connectivity index (χ1n) is 6.61. The fourth-order valence-corrected chi connectivity index (χ4v) is 1.74. The molecule has 0 saturated carbocycles. The lowest BCUT2D eigenvalue weighted by atomic mass is 10.1. The Morgan fingerprint density at radius 1 is 1.05 bits per heavy atom. The van der Waals surface area contributed by atoms with E-state index in [0.717, 1.165) is 11.1 Å². The first-order valence-corrected chi connectivity index (χ1v) is 6.61. The van der Waals surface area contributed by atoms with Crippen molar-refractivity contribution in [3.8, 4) is 11.5 Å². The molecule has 0 aliphatic heterocycles. The Bertz CT molecular complexity index is 694. The van der Waals surface area contributed by atoms with Crippen LogP contribution in [0, 0.1) is 24.0 Å². The monoisotopic (exact) mass is 301 g/mol. The van der Waals surface area contributed by atoms with Gasteiger partial charge in [-0.1, -0.05) is 6.07 Å². The van der Waals surface area contributed by atoms with Crippen molar-refractivity contribution in [2.45, 2.75) is 13.8 Å². The van der Waals surface area contributed by atoms with Crippen molar-refractivity contribution in [1.29, 1.82) is 0 Å². The third-order valence-corrected chi connectivity index (χ3v) is 3.11. The molecule has 0 spiro atoms. The maximum atomic E-state index is 11.7. The average molecular weight is 301 g/mol. The molecule has 2 rings (SSSR count). The van der Waals surface area contributed by atoms with E-state index >= 15 is 0 Å². The molecular weight excluding hydrogens is 286 g/mol. The predicted octanol–water partition coefficient (Wildman–Crippen LogP) is 3.20. The van der Waals surface area contributed by atoms with Gasteiger partial charge in [0, 0.05) is 12.1 Å². The third-order valence-electron chi connectivity index (χ3n) is 3.11. The Morgan fingerprint density at radius 2 is 1.68 bits per heavy atom. The van der Waals surface area contributed by atoms with Crippen molar-refractivity contribution >= 4 is 11.7 Å². The van der Waals surface area contributed by atoms with Crippen LogP contribution in [0.15, 0.2) is 42.5 Å². The Morgan fingerprint density at radius 3 is 2.27 bits per heavy atom. The molecule has 6 heteroatoms. The number of nitro benzene ring substituents is 1. The van der Waals surface area contributed by atoms with Crippen molar-refractivity contribution in [2.75, 3.05) is 6.61 Å². The van der Waals surface area contributed by atoms with Crippen LogP contribution < -0.4 is 9.47 Å². The fraction of sp³-hybridized carbons (Fsp3) is 0.188. The molecule has 0 atom stereocenters. The molecule has 22 heavy (non-hydrogen) atoms. The van der Waals surface area contributed by atoms with Gasteiger partial charge in [-0.15, -0.1) is 0 Å². The van der Waals surface area contributed by atoms with Crippen LogP contribution in [0.3, 0.4) is 0 Å². The first kappa shape index (κ1) is 15.5. The highest BCUT2D eigenvalue weighted by molar-refractivity contribution is 5.74. The number of carbonyl (C=O) groups is 1. The second-order valence-corrected chi connectivity index (χ2v) is 4.76. The lowest BCUT2D eigenvalue weighted by molar-refractivity contribution is -0.384. The Labute approximate surface area is 127 Å². The number of nitrogens with zero attached hydrogens (tertiary/aromatic N) is 1. The number of hydrogen-bond donors (Lipinski definition) is 0. The van der Waals surface area contributed by atoms with Crippen molar-refractivity contribution in [2.24, 2.45) is 0 Å². The number of hydrogen-bond acceptors (Lipinski definition) is 5. The second kappa shape index (κ2) is 6.71. The maximum Gasteiger partial charge on any atom is 0.349 e. The van der Waals surface area contributed by atoms with Crippen molar-refractivity contribution in [3.63, 3.8) is 0 Å². The van der Waals surface area contributed by atoms with Gasteiger partial charge in [0.05, 0.1) is 4.92 Å². The molecule has 0 radical (unpaired) electrons. The summed E-state index contributed by atoms with van der Waals surface area (Å²) >= 11 is 0. The van der Waals surface area contributed by atoms with Gasteiger partial charge in [0.25, 0.3) is 5.69 Å². The molecule has 2 aromatic carbocycles. The van der Waals surface area contributed by atoms with E-state index in [0.29, 0.717) is 5.75 Å². The zero-order valence-corrected chi connectivity index (χ0v) is 12.2. The van der Waals surface area contributed by atoms with Gasteiger partial charge >= 0.3 is 5.97 Å². The molecule has 0 aliphatic rings. The molecule has 6 nitrogen and oxygen atoms in total. The molecule has 0 amide bonds. The molecule has 114 valence electrons. The molecule has 0 aromatic heterocycles. The number of esters is 1. The van der Waals surface area contributed by atoms with Crippen LogP contribution in [0.5, 0.6) is 11.5 Å². The topological polar surface area (TPSA) is 78.7 Å². The highest BCUT2D eigenvalue weighted by Crippen LogP contribution is 2.18. The molecule has 0 N–H and O–H groups in total. The largest absolute Gasteiger partial charge is 0.482 e. The summed E-state index contributed by atoms with van der Waals surface area (Å²) in [5.74, 6) is 0.245. The minimum Gasteiger partial charge on any atom is -0.482 e. The van der Waals surface area contributed by atoms with Crippen molar-refractivity contribution in [3.05, 3.63) is 63.7 Å². The van der Waals surface area contributed by atoms with Crippen LogP contribution in [0.2, 0.25) is 0 Å². The van der Waals surface area contributed by atoms with Crippen molar-refractivity contribution < 1.29 is 19.2 Å². The standard InChI is InChI=1S/C16H15NO5/c1-11-3-6-15(9-12(11)2)21-10-16(18)22-14-7-4-13(5-8-14)17(19)20/h3-9H,10H2,1-2H3. The number of rotatable bonds is 5. The van der Waals surface area contributed by atoms with Gasteiger partial charge < -0.3 is 9.47 Å². The van der Waals surface area contributed by atoms with Crippen LogP contribution in [-0.2, 0) is 4.79 Å². The summed E-state index contributed by atoms with van der Waals surface area (Å²) in [6.45, 7) is 3.71. The van der Waals surface area contributed by atoms with Crippen LogP contribution in [0.25, 0.3) is 0 Å². The highest BCUT2D eigenvalue weighted by atomic mass is 16.6. The fourth-order valence-electron chi connectivity index (χ4n) is 1.74. The van der Waals surface area contributed by atoms with E-state index in [4.69, 9.17) is 9.47 Å². The van der Waals surface area contributed by atoms with Gasteiger partial charge in [-0.05, 0) is 49.2 Å². The van der Waals surface area contributed by atoms with E-state index in [1.807, 2.05) is 26.0 Å². The van der Waals surface area contributed by atoms with Gasteiger partial charge in [-0.2, -0.15) is 0 Å². The summed E-state index contributed by atoms with van der Waals surface area (Å²) in [5.41, 5.74) is 2.15. The highest BCUT2D eigenvalue weighted by Gasteiger charge is 2.09. The smallest absolute Gasteiger partial charge is 0.349 e. The Kier molecular flexibility index (Phi) is 4.73. The van der Waals surface area contributed by atoms with Crippen molar-refractivity contribution in [1.82, 2.24) is 0 Å². The minimum atomic E-state index is -0.577. The van der Waals surface area contributed by atoms with E-state index in [2.05, 4.69) is 0 Å². The number of benzene rings is 2. The number of non-ortho nitro benzene ring substituents is 1. The third kappa shape index (κ3) is 4.05. The molecule has 0 aliphatic carbocycles. The van der Waals surface area contributed by atoms with Gasteiger partial charge in [0.2, 0.25) is 0 Å². The van der Waals surface area contributed by atoms with E-state index in [9.17, 15) is 14.9 Å².